The van der Waals surface area contributed by atoms with E-state index >= 15 is 0 Å². The maximum Gasteiger partial charge on any atom is 0.270 e. The topological polar surface area (TPSA) is 73.3 Å². The van der Waals surface area contributed by atoms with Gasteiger partial charge in [0.2, 0.25) is 5.91 Å². The van der Waals surface area contributed by atoms with Gasteiger partial charge in [0.05, 0.1) is 11.3 Å². The Bertz CT molecular complexity index is 1050. The first-order valence-electron chi connectivity index (χ1n) is 9.93. The Hall–Kier alpha value is -3.26. The van der Waals surface area contributed by atoms with Crippen LogP contribution in [-0.4, -0.2) is 59.4 Å². The van der Waals surface area contributed by atoms with E-state index in [0.717, 1.165) is 6.07 Å². The molecule has 0 radical (unpaired) electrons. The Kier molecular flexibility index (Phi) is 5.99. The number of halogens is 2. The molecule has 3 amide bonds. The Balaban J connectivity index is 1.43. The average molecular weight is 443 g/mol. The van der Waals surface area contributed by atoms with Crippen LogP contribution in [0.5, 0.6) is 0 Å². The van der Waals surface area contributed by atoms with Gasteiger partial charge in [-0.05, 0) is 30.3 Å². The number of hydrogen-bond acceptors (Lipinski definition) is 4. The number of carbonyl (C=O) groups is 3. The summed E-state index contributed by atoms with van der Waals surface area (Å²) in [5.74, 6) is -1.51. The van der Waals surface area contributed by atoms with E-state index in [1.165, 1.54) is 22.0 Å². The number of nitrogens with zero attached hydrogens (tertiary/aromatic N) is 4. The van der Waals surface area contributed by atoms with Crippen LogP contribution in [0, 0.1) is 5.82 Å². The molecule has 0 bridgehead atoms. The van der Waals surface area contributed by atoms with Gasteiger partial charge in [-0.3, -0.25) is 14.4 Å². The fourth-order valence-corrected chi connectivity index (χ4v) is 3.78. The lowest BCUT2D eigenvalue weighted by atomic mass is 10.1. The van der Waals surface area contributed by atoms with Crippen LogP contribution in [0.1, 0.15) is 23.2 Å². The molecule has 0 aliphatic carbocycles. The smallest absolute Gasteiger partial charge is 0.270 e. The van der Waals surface area contributed by atoms with Crippen LogP contribution >= 0.6 is 11.6 Å². The molecule has 0 atom stereocenters. The molecule has 2 aromatic rings. The van der Waals surface area contributed by atoms with Crippen molar-refractivity contribution in [3.8, 4) is 0 Å². The summed E-state index contributed by atoms with van der Waals surface area (Å²) >= 11 is 5.89. The number of rotatable bonds is 3. The van der Waals surface area contributed by atoms with Gasteiger partial charge in [0, 0.05) is 44.0 Å². The van der Waals surface area contributed by atoms with E-state index in [0.29, 0.717) is 24.5 Å². The van der Waals surface area contributed by atoms with Crippen molar-refractivity contribution in [1.29, 1.82) is 0 Å². The molecule has 31 heavy (non-hydrogen) atoms. The van der Waals surface area contributed by atoms with Crippen molar-refractivity contribution in [2.24, 2.45) is 5.10 Å². The summed E-state index contributed by atoms with van der Waals surface area (Å²) in [5, 5.41) is 5.84. The summed E-state index contributed by atoms with van der Waals surface area (Å²) in [4.78, 5) is 41.0. The second-order valence-electron chi connectivity index (χ2n) is 7.30. The van der Waals surface area contributed by atoms with Crippen molar-refractivity contribution >= 4 is 40.7 Å². The molecule has 0 unspecified atom stereocenters. The van der Waals surface area contributed by atoms with E-state index in [4.69, 9.17) is 11.6 Å². The first-order valence-corrected chi connectivity index (χ1v) is 10.3. The van der Waals surface area contributed by atoms with Crippen molar-refractivity contribution in [3.05, 3.63) is 64.9 Å². The summed E-state index contributed by atoms with van der Waals surface area (Å²) in [6.07, 6.45) is 0.472. The fourth-order valence-electron chi connectivity index (χ4n) is 3.61. The molecule has 0 spiro atoms. The van der Waals surface area contributed by atoms with Gasteiger partial charge in [-0.1, -0.05) is 29.8 Å². The Labute approximate surface area is 183 Å². The third-order valence-corrected chi connectivity index (χ3v) is 5.53. The van der Waals surface area contributed by atoms with Crippen molar-refractivity contribution in [2.75, 3.05) is 31.2 Å². The van der Waals surface area contributed by atoms with E-state index in [1.807, 2.05) is 6.07 Å². The summed E-state index contributed by atoms with van der Waals surface area (Å²) in [5.41, 5.74) is 0.835. The van der Waals surface area contributed by atoms with Crippen LogP contribution in [0.3, 0.4) is 0 Å². The second-order valence-corrected chi connectivity index (χ2v) is 7.73. The van der Waals surface area contributed by atoms with Crippen LogP contribution in [-0.2, 0) is 9.59 Å². The van der Waals surface area contributed by atoms with Crippen molar-refractivity contribution < 1.29 is 18.8 Å². The highest BCUT2D eigenvalue weighted by molar-refractivity contribution is 6.40. The van der Waals surface area contributed by atoms with Crippen LogP contribution in [0.4, 0.5) is 10.1 Å². The molecule has 7 nitrogen and oxygen atoms in total. The van der Waals surface area contributed by atoms with Gasteiger partial charge in [0.25, 0.3) is 11.8 Å². The Morgan fingerprint density at radius 2 is 1.55 bits per heavy atom. The first-order chi connectivity index (χ1) is 14.9. The number of para-hydroxylation sites is 1. The molecule has 9 heteroatoms. The molecule has 0 saturated carbocycles. The van der Waals surface area contributed by atoms with Gasteiger partial charge in [-0.15, -0.1) is 0 Å². The first kappa shape index (κ1) is 21.0. The zero-order valence-corrected chi connectivity index (χ0v) is 17.4. The molecule has 2 aromatic carbocycles. The van der Waals surface area contributed by atoms with Gasteiger partial charge >= 0.3 is 0 Å². The zero-order valence-electron chi connectivity index (χ0n) is 16.6. The number of hydrogen-bond donors (Lipinski definition) is 0. The molecule has 1 saturated heterocycles. The van der Waals surface area contributed by atoms with Crippen molar-refractivity contribution in [2.45, 2.75) is 12.8 Å². The van der Waals surface area contributed by atoms with E-state index in [9.17, 15) is 18.8 Å². The summed E-state index contributed by atoms with van der Waals surface area (Å²) < 4.78 is 14.0. The molecule has 160 valence electrons. The number of amides is 3. The lowest BCUT2D eigenvalue weighted by Crippen LogP contribution is -2.53. The summed E-state index contributed by atoms with van der Waals surface area (Å²) in [7, 11) is 0. The number of piperazine rings is 1. The van der Waals surface area contributed by atoms with Gasteiger partial charge in [0.1, 0.15) is 11.5 Å². The molecular weight excluding hydrogens is 423 g/mol. The summed E-state index contributed by atoms with van der Waals surface area (Å²) in [6.45, 7) is 1.13. The highest BCUT2D eigenvalue weighted by atomic mass is 35.5. The van der Waals surface area contributed by atoms with Crippen molar-refractivity contribution in [1.82, 2.24) is 9.80 Å². The number of anilines is 1. The standard InChI is InChI=1S/C22H20ClFN4O3/c23-15-6-7-18(24)17(14-15)21(30)26-10-12-27(13-11-26)22(31)19-8-9-20(29)28(25-19)16-4-2-1-3-5-16/h1-7,14H,8-13H2. The van der Waals surface area contributed by atoms with Crippen LogP contribution in [0.2, 0.25) is 5.02 Å². The largest absolute Gasteiger partial charge is 0.335 e. The average Bonchev–Trinajstić information content (AvgIpc) is 2.81. The normalized spacial score (nSPS) is 16.9. The molecule has 2 heterocycles. The van der Waals surface area contributed by atoms with Gasteiger partial charge in [0.15, 0.2) is 0 Å². The van der Waals surface area contributed by atoms with Crippen molar-refractivity contribution in [3.63, 3.8) is 0 Å². The third-order valence-electron chi connectivity index (χ3n) is 5.29. The molecule has 1 fully saturated rings. The monoisotopic (exact) mass is 442 g/mol. The molecule has 4 rings (SSSR count). The minimum atomic E-state index is -0.630. The minimum absolute atomic E-state index is 0.0825. The van der Waals surface area contributed by atoms with E-state index < -0.39 is 11.7 Å². The maximum absolute atomic E-state index is 14.0. The predicted octanol–water partition coefficient (Wildman–Crippen LogP) is 2.95. The molecule has 2 aliphatic heterocycles. The van der Waals surface area contributed by atoms with Crippen LogP contribution in [0.25, 0.3) is 0 Å². The lowest BCUT2D eigenvalue weighted by Gasteiger charge is -2.35. The number of carbonyl (C=O) groups excluding carboxylic acids is 3. The number of hydrazone groups is 1. The molecule has 0 aromatic heterocycles. The number of benzene rings is 2. The van der Waals surface area contributed by atoms with Crippen LogP contribution < -0.4 is 5.01 Å². The maximum atomic E-state index is 14.0. The molecular formula is C22H20ClFN4O3. The minimum Gasteiger partial charge on any atom is -0.335 e. The Morgan fingerprint density at radius 3 is 2.23 bits per heavy atom. The van der Waals surface area contributed by atoms with E-state index in [2.05, 4.69) is 5.10 Å². The van der Waals surface area contributed by atoms with E-state index in [-0.39, 0.29) is 48.3 Å². The second kappa shape index (κ2) is 8.85. The lowest BCUT2D eigenvalue weighted by molar-refractivity contribution is -0.125. The SMILES string of the molecule is O=C(C1=NN(c2ccccc2)C(=O)CC1)N1CCN(C(=O)c2cc(Cl)ccc2F)CC1. The molecule has 0 N–H and O–H groups in total. The van der Waals surface area contributed by atoms with Gasteiger partial charge in [-0.25, -0.2) is 9.40 Å². The highest BCUT2D eigenvalue weighted by Gasteiger charge is 2.31. The Morgan fingerprint density at radius 1 is 0.903 bits per heavy atom. The predicted molar refractivity (Wildman–Crippen MR) is 114 cm³/mol. The van der Waals surface area contributed by atoms with Gasteiger partial charge in [-0.2, -0.15) is 5.10 Å². The highest BCUT2D eigenvalue weighted by Crippen LogP contribution is 2.21. The van der Waals surface area contributed by atoms with Crippen LogP contribution in [0.15, 0.2) is 53.6 Å². The zero-order chi connectivity index (χ0) is 22.0. The van der Waals surface area contributed by atoms with E-state index in [1.54, 1.807) is 29.2 Å². The van der Waals surface area contributed by atoms with Gasteiger partial charge < -0.3 is 9.80 Å². The molecule has 2 aliphatic rings. The fraction of sp³-hybridized carbons (Fsp3) is 0.273. The summed E-state index contributed by atoms with van der Waals surface area (Å²) in [6, 6.07) is 12.8. The quantitative estimate of drug-likeness (QED) is 0.733. The third kappa shape index (κ3) is 4.44.